The monoisotopic (exact) mass is 422 g/mol. The lowest BCUT2D eigenvalue weighted by atomic mass is 9.92. The van der Waals surface area contributed by atoms with Crippen molar-refractivity contribution >= 4 is 29.1 Å². The molecule has 0 bridgehead atoms. The Kier molecular flexibility index (Phi) is 7.28. The van der Waals surface area contributed by atoms with Crippen molar-refractivity contribution in [2.24, 2.45) is 5.92 Å². The van der Waals surface area contributed by atoms with Gasteiger partial charge < -0.3 is 19.4 Å². The average molecular weight is 423 g/mol. The zero-order chi connectivity index (χ0) is 20.8. The summed E-state index contributed by atoms with van der Waals surface area (Å²) in [6.45, 7) is 1.61. The van der Waals surface area contributed by atoms with Gasteiger partial charge in [0.05, 0.1) is 5.02 Å². The zero-order valence-electron chi connectivity index (χ0n) is 16.2. The molecule has 8 heteroatoms. The van der Waals surface area contributed by atoms with Gasteiger partial charge in [-0.1, -0.05) is 11.6 Å². The predicted molar refractivity (Wildman–Crippen MR) is 107 cm³/mol. The van der Waals surface area contributed by atoms with Crippen molar-refractivity contribution in [3.63, 3.8) is 0 Å². The maximum atomic E-state index is 13.2. The van der Waals surface area contributed by atoms with Crippen LogP contribution in [0.3, 0.4) is 0 Å². The van der Waals surface area contributed by atoms with Crippen molar-refractivity contribution in [3.8, 4) is 0 Å². The number of carbonyl (C=O) groups is 2. The van der Waals surface area contributed by atoms with Gasteiger partial charge in [-0.15, -0.1) is 0 Å². The summed E-state index contributed by atoms with van der Waals surface area (Å²) in [4.78, 5) is 26.4. The Morgan fingerprint density at radius 1 is 1.28 bits per heavy atom. The Bertz CT molecular complexity index is 862. The fourth-order valence-electron chi connectivity index (χ4n) is 3.43. The number of nitrogens with one attached hydrogen (secondary N) is 1. The highest BCUT2D eigenvalue weighted by Crippen LogP contribution is 2.24. The van der Waals surface area contributed by atoms with Crippen LogP contribution < -0.4 is 5.32 Å². The van der Waals surface area contributed by atoms with E-state index >= 15 is 0 Å². The summed E-state index contributed by atoms with van der Waals surface area (Å²) in [6, 6.07) is 7.52. The molecular formula is C21H24ClFN2O4. The van der Waals surface area contributed by atoms with Gasteiger partial charge in [0.15, 0.2) is 5.76 Å². The quantitative estimate of drug-likeness (QED) is 0.713. The van der Waals surface area contributed by atoms with Gasteiger partial charge >= 0.3 is 0 Å². The third-order valence-corrected chi connectivity index (χ3v) is 5.33. The van der Waals surface area contributed by atoms with Crippen LogP contribution in [-0.2, 0) is 16.1 Å². The molecule has 3 rings (SSSR count). The first-order chi connectivity index (χ1) is 14.0. The summed E-state index contributed by atoms with van der Waals surface area (Å²) in [5, 5.41) is 2.71. The van der Waals surface area contributed by atoms with Crippen LogP contribution in [0.25, 0.3) is 0 Å². The predicted octanol–water partition coefficient (Wildman–Crippen LogP) is 4.49. The smallest absolute Gasteiger partial charge is 0.289 e. The van der Waals surface area contributed by atoms with E-state index in [4.69, 9.17) is 20.8 Å². The maximum absolute atomic E-state index is 13.2. The van der Waals surface area contributed by atoms with E-state index in [1.807, 2.05) is 0 Å². The lowest BCUT2D eigenvalue weighted by Gasteiger charge is -2.31. The van der Waals surface area contributed by atoms with Crippen LogP contribution >= 0.6 is 11.6 Å². The number of piperidine rings is 1. The molecule has 0 radical (unpaired) electrons. The van der Waals surface area contributed by atoms with Crippen molar-refractivity contribution in [3.05, 3.63) is 52.7 Å². The summed E-state index contributed by atoms with van der Waals surface area (Å²) < 4.78 is 23.7. The Morgan fingerprint density at radius 3 is 2.72 bits per heavy atom. The van der Waals surface area contributed by atoms with Crippen LogP contribution in [0.2, 0.25) is 5.02 Å². The van der Waals surface area contributed by atoms with E-state index in [0.29, 0.717) is 49.2 Å². The number of amides is 2. The summed E-state index contributed by atoms with van der Waals surface area (Å²) in [5.74, 6) is 0.564. The highest BCUT2D eigenvalue weighted by atomic mass is 35.5. The molecule has 1 aromatic carbocycles. The molecule has 1 fully saturated rings. The van der Waals surface area contributed by atoms with Crippen LogP contribution in [0.4, 0.5) is 10.1 Å². The molecule has 2 aromatic rings. The number of rotatable bonds is 7. The van der Waals surface area contributed by atoms with Gasteiger partial charge in [0.2, 0.25) is 5.91 Å². The van der Waals surface area contributed by atoms with Crippen molar-refractivity contribution in [2.45, 2.75) is 32.3 Å². The molecule has 6 nitrogen and oxygen atoms in total. The van der Waals surface area contributed by atoms with Crippen LogP contribution in [0.15, 0.2) is 34.7 Å². The molecule has 1 aromatic heterocycles. The average Bonchev–Trinajstić information content (AvgIpc) is 3.18. The fourth-order valence-corrected chi connectivity index (χ4v) is 3.61. The van der Waals surface area contributed by atoms with Gasteiger partial charge in [-0.05, 0) is 55.5 Å². The minimum Gasteiger partial charge on any atom is -0.453 e. The Hall–Kier alpha value is -2.38. The van der Waals surface area contributed by atoms with Gasteiger partial charge in [0, 0.05) is 32.3 Å². The summed E-state index contributed by atoms with van der Waals surface area (Å²) >= 11 is 5.73. The highest BCUT2D eigenvalue weighted by Gasteiger charge is 2.25. The van der Waals surface area contributed by atoms with E-state index in [2.05, 4.69) is 5.32 Å². The maximum Gasteiger partial charge on any atom is 0.289 e. The van der Waals surface area contributed by atoms with Crippen molar-refractivity contribution in [1.29, 1.82) is 0 Å². The van der Waals surface area contributed by atoms with Crippen molar-refractivity contribution in [2.75, 3.05) is 25.5 Å². The minimum absolute atomic E-state index is 0.0225. The molecule has 1 aliphatic rings. The number of furan rings is 1. The molecular weight excluding hydrogens is 399 g/mol. The summed E-state index contributed by atoms with van der Waals surface area (Å²) in [7, 11) is 1.57. The lowest BCUT2D eigenvalue weighted by Crippen LogP contribution is -2.38. The van der Waals surface area contributed by atoms with E-state index in [0.717, 1.165) is 19.3 Å². The number of benzene rings is 1. The number of nitrogens with zero attached hydrogens (tertiary/aromatic N) is 1. The van der Waals surface area contributed by atoms with E-state index in [1.54, 1.807) is 24.1 Å². The minimum atomic E-state index is -0.518. The number of methoxy groups -OCH3 is 1. The van der Waals surface area contributed by atoms with E-state index in [-0.39, 0.29) is 16.8 Å². The van der Waals surface area contributed by atoms with Gasteiger partial charge in [0.1, 0.15) is 18.2 Å². The third-order valence-electron chi connectivity index (χ3n) is 5.04. The topological polar surface area (TPSA) is 71.8 Å². The third kappa shape index (κ3) is 5.81. The molecule has 1 saturated heterocycles. The molecule has 1 N–H and O–H groups in total. The second-order valence-corrected chi connectivity index (χ2v) is 7.56. The van der Waals surface area contributed by atoms with Crippen molar-refractivity contribution < 1.29 is 23.1 Å². The zero-order valence-corrected chi connectivity index (χ0v) is 17.0. The Labute approximate surface area is 174 Å². The molecule has 156 valence electrons. The number of ether oxygens (including phenoxy) is 1. The van der Waals surface area contributed by atoms with Crippen LogP contribution in [-0.4, -0.2) is 36.9 Å². The summed E-state index contributed by atoms with van der Waals surface area (Å²) in [5.41, 5.74) is 0.480. The molecule has 1 aliphatic heterocycles. The number of halogens is 2. The molecule has 0 aliphatic carbocycles. The summed E-state index contributed by atoms with van der Waals surface area (Å²) in [6.07, 6.45) is 2.79. The molecule has 0 atom stereocenters. The molecule has 0 spiro atoms. The first kappa shape index (κ1) is 21.3. The number of likely N-dealkylation sites (tertiary alicyclic amines) is 1. The van der Waals surface area contributed by atoms with Gasteiger partial charge in [-0.3, -0.25) is 9.59 Å². The van der Waals surface area contributed by atoms with E-state index < -0.39 is 5.82 Å². The normalized spacial score (nSPS) is 14.8. The van der Waals surface area contributed by atoms with Gasteiger partial charge in [-0.25, -0.2) is 4.39 Å². The van der Waals surface area contributed by atoms with Gasteiger partial charge in [0.25, 0.3) is 5.91 Å². The molecule has 0 unspecified atom stereocenters. The second kappa shape index (κ2) is 9.89. The largest absolute Gasteiger partial charge is 0.453 e. The molecule has 0 saturated carbocycles. The second-order valence-electron chi connectivity index (χ2n) is 7.15. The Morgan fingerprint density at radius 2 is 2.03 bits per heavy atom. The Balaban J connectivity index is 1.41. The SMILES string of the molecule is COCc1ccc(C(=O)N2CCC(CCC(=O)Nc3ccc(F)c(Cl)c3)CC2)o1. The standard InChI is InChI=1S/C21H24ClFN2O4/c1-28-13-16-4-6-19(29-16)21(27)25-10-8-14(9-11-25)2-7-20(26)24-15-3-5-18(23)17(22)12-15/h3-6,12,14H,2,7-11,13H2,1H3,(H,24,26). The first-order valence-corrected chi connectivity index (χ1v) is 9.96. The molecule has 2 amide bonds. The number of anilines is 1. The molecule has 2 heterocycles. The van der Waals surface area contributed by atoms with Crippen LogP contribution in [0, 0.1) is 11.7 Å². The van der Waals surface area contributed by atoms with E-state index in [9.17, 15) is 14.0 Å². The van der Waals surface area contributed by atoms with E-state index in [1.165, 1.54) is 18.2 Å². The number of hydrogen-bond acceptors (Lipinski definition) is 4. The highest BCUT2D eigenvalue weighted by molar-refractivity contribution is 6.31. The fraction of sp³-hybridized carbons (Fsp3) is 0.429. The van der Waals surface area contributed by atoms with Crippen LogP contribution in [0.1, 0.15) is 42.0 Å². The van der Waals surface area contributed by atoms with Crippen molar-refractivity contribution in [1.82, 2.24) is 4.90 Å². The number of hydrogen-bond donors (Lipinski definition) is 1. The lowest BCUT2D eigenvalue weighted by molar-refractivity contribution is -0.116. The number of carbonyl (C=O) groups excluding carboxylic acids is 2. The first-order valence-electron chi connectivity index (χ1n) is 9.58. The molecule has 29 heavy (non-hydrogen) atoms. The van der Waals surface area contributed by atoms with Gasteiger partial charge in [-0.2, -0.15) is 0 Å². The van der Waals surface area contributed by atoms with Crippen LogP contribution in [0.5, 0.6) is 0 Å².